The van der Waals surface area contributed by atoms with Crippen molar-refractivity contribution in [3.63, 3.8) is 0 Å². The van der Waals surface area contributed by atoms with Gasteiger partial charge in [0.25, 0.3) is 0 Å². The first-order chi connectivity index (χ1) is 11.2. The second kappa shape index (κ2) is 9.12. The van der Waals surface area contributed by atoms with Crippen LogP contribution in [0.15, 0.2) is 30.3 Å². The average molecular weight is 320 g/mol. The molecule has 1 aliphatic rings. The number of nitrogens with one attached hydrogen (secondary N) is 2. The van der Waals surface area contributed by atoms with Crippen molar-refractivity contribution in [3.05, 3.63) is 35.9 Å². The third kappa shape index (κ3) is 5.88. The zero-order valence-corrected chi connectivity index (χ0v) is 13.5. The molecule has 2 rings (SSSR count). The van der Waals surface area contributed by atoms with E-state index in [-0.39, 0.29) is 11.9 Å². The maximum atomic E-state index is 12.0. The van der Waals surface area contributed by atoms with E-state index in [0.29, 0.717) is 45.9 Å². The molecule has 126 valence electrons. The fourth-order valence-electron chi connectivity index (χ4n) is 2.39. The van der Waals surface area contributed by atoms with Crippen LogP contribution in [0.25, 0.3) is 0 Å². The second-order valence-corrected chi connectivity index (χ2v) is 5.40. The number of amides is 3. The smallest absolute Gasteiger partial charge is 0.341 e. The van der Waals surface area contributed by atoms with Crippen molar-refractivity contribution in [2.45, 2.75) is 13.5 Å². The van der Waals surface area contributed by atoms with Gasteiger partial charge in [0.2, 0.25) is 5.91 Å². The molecular formula is C16H24N4O3. The molecule has 7 nitrogen and oxygen atoms in total. The number of nitrogens with zero attached hydrogens (tertiary/aromatic N) is 2. The Morgan fingerprint density at radius 2 is 1.83 bits per heavy atom. The van der Waals surface area contributed by atoms with Crippen LogP contribution in [0.5, 0.6) is 0 Å². The Labute approximate surface area is 136 Å². The molecule has 23 heavy (non-hydrogen) atoms. The summed E-state index contributed by atoms with van der Waals surface area (Å²) in [5, 5.41) is 2.78. The van der Waals surface area contributed by atoms with E-state index < -0.39 is 0 Å². The highest BCUT2D eigenvalue weighted by Gasteiger charge is 2.22. The summed E-state index contributed by atoms with van der Waals surface area (Å²) < 4.78 is 0. The third-order valence-electron chi connectivity index (χ3n) is 3.64. The summed E-state index contributed by atoms with van der Waals surface area (Å²) in [6.07, 6.45) is 0. The topological polar surface area (TPSA) is 73.9 Å². The standard InChI is InChI=1S/C16H24N4O3/c1-2-17-15(21)12-19-8-10-20(11-9-19)16(22)18-23-13-14-6-4-3-5-7-14/h3-7H,2,8-13H2,1H3,(H,17,21)(H,18,22). The SMILES string of the molecule is CCNC(=O)CN1CCN(C(=O)NOCc2ccccc2)CC1. The molecule has 0 atom stereocenters. The van der Waals surface area contributed by atoms with Gasteiger partial charge in [-0.25, -0.2) is 10.3 Å². The van der Waals surface area contributed by atoms with Gasteiger partial charge in [0, 0.05) is 32.7 Å². The van der Waals surface area contributed by atoms with E-state index in [9.17, 15) is 9.59 Å². The molecule has 0 unspecified atom stereocenters. The number of likely N-dealkylation sites (N-methyl/N-ethyl adjacent to an activating group) is 1. The lowest BCUT2D eigenvalue weighted by Crippen LogP contribution is -2.53. The molecule has 0 aliphatic carbocycles. The number of urea groups is 1. The molecular weight excluding hydrogens is 296 g/mol. The van der Waals surface area contributed by atoms with Crippen molar-refractivity contribution in [1.82, 2.24) is 20.6 Å². The van der Waals surface area contributed by atoms with Crippen LogP contribution < -0.4 is 10.8 Å². The first kappa shape index (κ1) is 17.2. The predicted octanol–water partition coefficient (Wildman–Crippen LogP) is 0.582. The summed E-state index contributed by atoms with van der Waals surface area (Å²) >= 11 is 0. The van der Waals surface area contributed by atoms with Crippen molar-refractivity contribution >= 4 is 11.9 Å². The molecule has 0 aromatic heterocycles. The van der Waals surface area contributed by atoms with Crippen LogP contribution in [0, 0.1) is 0 Å². The molecule has 1 aliphatic heterocycles. The molecule has 0 spiro atoms. The van der Waals surface area contributed by atoms with Gasteiger partial charge in [-0.05, 0) is 12.5 Å². The van der Waals surface area contributed by atoms with Gasteiger partial charge in [0.05, 0.1) is 13.2 Å². The quantitative estimate of drug-likeness (QED) is 0.752. The van der Waals surface area contributed by atoms with E-state index in [0.717, 1.165) is 5.56 Å². The zero-order valence-electron chi connectivity index (χ0n) is 13.5. The Morgan fingerprint density at radius 1 is 1.13 bits per heavy atom. The van der Waals surface area contributed by atoms with E-state index in [1.54, 1.807) is 4.90 Å². The predicted molar refractivity (Wildman–Crippen MR) is 86.5 cm³/mol. The molecule has 1 aromatic rings. The van der Waals surface area contributed by atoms with Crippen LogP contribution in [-0.2, 0) is 16.2 Å². The molecule has 0 saturated carbocycles. The summed E-state index contributed by atoms with van der Waals surface area (Å²) in [6.45, 7) is 5.79. The van der Waals surface area contributed by atoms with Crippen LogP contribution in [0.3, 0.4) is 0 Å². The first-order valence-electron chi connectivity index (χ1n) is 7.88. The van der Waals surface area contributed by atoms with Gasteiger partial charge < -0.3 is 10.2 Å². The van der Waals surface area contributed by atoms with E-state index >= 15 is 0 Å². The van der Waals surface area contributed by atoms with Crippen molar-refractivity contribution in [2.75, 3.05) is 39.3 Å². The molecule has 1 aromatic carbocycles. The summed E-state index contributed by atoms with van der Waals surface area (Å²) in [5.74, 6) is 0.0246. The van der Waals surface area contributed by atoms with Gasteiger partial charge in [-0.15, -0.1) is 0 Å². The van der Waals surface area contributed by atoms with Crippen molar-refractivity contribution in [1.29, 1.82) is 0 Å². The fourth-order valence-corrected chi connectivity index (χ4v) is 2.39. The third-order valence-corrected chi connectivity index (χ3v) is 3.64. The van der Waals surface area contributed by atoms with Gasteiger partial charge in [0.1, 0.15) is 0 Å². The minimum atomic E-state index is -0.237. The first-order valence-corrected chi connectivity index (χ1v) is 7.88. The maximum Gasteiger partial charge on any atom is 0.341 e. The number of hydroxylamine groups is 1. The lowest BCUT2D eigenvalue weighted by atomic mass is 10.2. The van der Waals surface area contributed by atoms with Crippen LogP contribution in [-0.4, -0.2) is 61.0 Å². The summed E-state index contributed by atoms with van der Waals surface area (Å²) in [5.41, 5.74) is 3.47. The van der Waals surface area contributed by atoms with Gasteiger partial charge in [0.15, 0.2) is 0 Å². The largest absolute Gasteiger partial charge is 0.355 e. The lowest BCUT2D eigenvalue weighted by Gasteiger charge is -2.34. The Balaban J connectivity index is 1.64. The summed E-state index contributed by atoms with van der Waals surface area (Å²) in [6, 6.07) is 9.42. The van der Waals surface area contributed by atoms with Gasteiger partial charge in [-0.1, -0.05) is 30.3 Å². The van der Waals surface area contributed by atoms with E-state index in [4.69, 9.17) is 4.84 Å². The number of piperazine rings is 1. The van der Waals surface area contributed by atoms with Gasteiger partial charge in [-0.2, -0.15) is 0 Å². The molecule has 3 amide bonds. The molecule has 7 heteroatoms. The second-order valence-electron chi connectivity index (χ2n) is 5.40. The number of carbonyl (C=O) groups is 2. The fraction of sp³-hybridized carbons (Fsp3) is 0.500. The minimum Gasteiger partial charge on any atom is -0.355 e. The Bertz CT molecular complexity index is 501. The maximum absolute atomic E-state index is 12.0. The Morgan fingerprint density at radius 3 is 2.48 bits per heavy atom. The van der Waals surface area contributed by atoms with Crippen LogP contribution in [0.4, 0.5) is 4.79 Å². The van der Waals surface area contributed by atoms with E-state index in [2.05, 4.69) is 10.8 Å². The average Bonchev–Trinajstić information content (AvgIpc) is 2.56. The van der Waals surface area contributed by atoms with Crippen LogP contribution in [0.1, 0.15) is 12.5 Å². The molecule has 2 N–H and O–H groups in total. The molecule has 1 saturated heterocycles. The highest BCUT2D eigenvalue weighted by Crippen LogP contribution is 2.03. The Kier molecular flexibility index (Phi) is 6.83. The number of carbonyl (C=O) groups excluding carboxylic acids is 2. The zero-order chi connectivity index (χ0) is 16.5. The summed E-state index contributed by atoms with van der Waals surface area (Å²) in [7, 11) is 0. The Hall–Kier alpha value is -2.12. The van der Waals surface area contributed by atoms with Crippen molar-refractivity contribution < 1.29 is 14.4 Å². The molecule has 0 radical (unpaired) electrons. The van der Waals surface area contributed by atoms with Gasteiger partial charge in [-0.3, -0.25) is 14.5 Å². The molecule has 1 heterocycles. The normalized spacial score (nSPS) is 15.3. The number of rotatable bonds is 6. The van der Waals surface area contributed by atoms with Crippen LogP contribution >= 0.6 is 0 Å². The lowest BCUT2D eigenvalue weighted by molar-refractivity contribution is -0.122. The monoisotopic (exact) mass is 320 g/mol. The van der Waals surface area contributed by atoms with E-state index in [1.165, 1.54) is 0 Å². The number of benzene rings is 1. The van der Waals surface area contributed by atoms with Gasteiger partial charge >= 0.3 is 6.03 Å². The summed E-state index contributed by atoms with van der Waals surface area (Å²) in [4.78, 5) is 32.5. The molecule has 0 bridgehead atoms. The highest BCUT2D eigenvalue weighted by molar-refractivity contribution is 5.78. The molecule has 1 fully saturated rings. The van der Waals surface area contributed by atoms with Crippen LogP contribution in [0.2, 0.25) is 0 Å². The highest BCUT2D eigenvalue weighted by atomic mass is 16.7. The van der Waals surface area contributed by atoms with Crippen molar-refractivity contribution in [3.8, 4) is 0 Å². The minimum absolute atomic E-state index is 0.0246. The van der Waals surface area contributed by atoms with Crippen molar-refractivity contribution in [2.24, 2.45) is 0 Å². The van der Waals surface area contributed by atoms with E-state index in [1.807, 2.05) is 42.2 Å². The number of hydrogen-bond acceptors (Lipinski definition) is 4. The number of hydrogen-bond donors (Lipinski definition) is 2.